The van der Waals surface area contributed by atoms with Gasteiger partial charge in [0, 0.05) is 11.3 Å². The van der Waals surface area contributed by atoms with Crippen LogP contribution in [0.2, 0.25) is 0 Å². The number of nitriles is 1. The normalized spacial score (nSPS) is 9.52. The summed E-state index contributed by atoms with van der Waals surface area (Å²) in [5, 5.41) is 11.2. The van der Waals surface area contributed by atoms with Crippen molar-refractivity contribution in [2.75, 3.05) is 19.0 Å². The highest BCUT2D eigenvalue weighted by molar-refractivity contribution is 6.04. The van der Waals surface area contributed by atoms with Crippen LogP contribution in [0.15, 0.2) is 48.5 Å². The molecular weight excluding hydrogens is 268 g/mol. The average Bonchev–Trinajstić information content (AvgIpc) is 2.54. The molecular formula is C16H14N2O3. The van der Waals surface area contributed by atoms with Crippen LogP contribution in [0.5, 0.6) is 11.5 Å². The Hall–Kier alpha value is -3.00. The number of hydrogen-bond acceptors (Lipinski definition) is 4. The summed E-state index contributed by atoms with van der Waals surface area (Å²) in [6.07, 6.45) is 0. The van der Waals surface area contributed by atoms with Crippen molar-refractivity contribution in [2.45, 2.75) is 0 Å². The summed E-state index contributed by atoms with van der Waals surface area (Å²) in [6, 6.07) is 15.6. The zero-order valence-corrected chi connectivity index (χ0v) is 11.5. The molecule has 0 aliphatic rings. The van der Waals surface area contributed by atoms with Gasteiger partial charge in [-0.25, -0.2) is 0 Å². The highest BCUT2D eigenvalue weighted by Gasteiger charge is 2.06. The standard InChI is InChI=1S/C16H14N2O3/c1-20-14-6-2-12(3-7-14)16(19)18-13-4-8-15(9-5-13)21-11-10-17/h2-9H,11H2,1H3,(H,18,19). The molecule has 0 aliphatic carbocycles. The first-order valence-corrected chi connectivity index (χ1v) is 6.28. The summed E-state index contributed by atoms with van der Waals surface area (Å²) >= 11 is 0. The third kappa shape index (κ3) is 3.98. The van der Waals surface area contributed by atoms with Crippen LogP contribution in [0.3, 0.4) is 0 Å². The molecule has 2 aromatic carbocycles. The Bertz CT molecular complexity index is 643. The van der Waals surface area contributed by atoms with Gasteiger partial charge in [-0.3, -0.25) is 4.79 Å². The average molecular weight is 282 g/mol. The lowest BCUT2D eigenvalue weighted by molar-refractivity contribution is 0.102. The number of ether oxygens (including phenoxy) is 2. The summed E-state index contributed by atoms with van der Waals surface area (Å²) in [4.78, 5) is 12.0. The van der Waals surface area contributed by atoms with Crippen molar-refractivity contribution in [1.82, 2.24) is 0 Å². The number of nitrogens with one attached hydrogen (secondary N) is 1. The fourth-order valence-electron chi connectivity index (χ4n) is 1.70. The van der Waals surface area contributed by atoms with Crippen LogP contribution in [0, 0.1) is 11.3 Å². The smallest absolute Gasteiger partial charge is 0.255 e. The van der Waals surface area contributed by atoms with Crippen LogP contribution < -0.4 is 14.8 Å². The second-order valence-electron chi connectivity index (χ2n) is 4.15. The number of rotatable bonds is 5. The van der Waals surface area contributed by atoms with Gasteiger partial charge in [0.2, 0.25) is 0 Å². The highest BCUT2D eigenvalue weighted by Crippen LogP contribution is 2.17. The van der Waals surface area contributed by atoms with Gasteiger partial charge in [0.1, 0.15) is 17.6 Å². The van der Waals surface area contributed by atoms with Gasteiger partial charge in [-0.15, -0.1) is 0 Å². The Morgan fingerprint density at radius 3 is 2.29 bits per heavy atom. The van der Waals surface area contributed by atoms with Crippen molar-refractivity contribution < 1.29 is 14.3 Å². The fraction of sp³-hybridized carbons (Fsp3) is 0.125. The number of nitrogens with zero attached hydrogens (tertiary/aromatic N) is 1. The Labute approximate surface area is 122 Å². The highest BCUT2D eigenvalue weighted by atomic mass is 16.5. The minimum atomic E-state index is -0.205. The molecule has 0 radical (unpaired) electrons. The number of amides is 1. The SMILES string of the molecule is COc1ccc(C(=O)Nc2ccc(OCC#N)cc2)cc1. The molecule has 0 heterocycles. The van der Waals surface area contributed by atoms with Crippen LogP contribution in [0.1, 0.15) is 10.4 Å². The molecule has 5 nitrogen and oxygen atoms in total. The van der Waals surface area contributed by atoms with Crippen LogP contribution in [0.25, 0.3) is 0 Å². The number of anilines is 1. The quantitative estimate of drug-likeness (QED) is 0.915. The van der Waals surface area contributed by atoms with E-state index in [0.717, 1.165) is 0 Å². The van der Waals surface area contributed by atoms with Gasteiger partial charge in [-0.1, -0.05) is 0 Å². The van der Waals surface area contributed by atoms with Gasteiger partial charge in [0.05, 0.1) is 7.11 Å². The van der Waals surface area contributed by atoms with Crippen LogP contribution in [0.4, 0.5) is 5.69 Å². The lowest BCUT2D eigenvalue weighted by atomic mass is 10.2. The van der Waals surface area contributed by atoms with Gasteiger partial charge in [0.25, 0.3) is 5.91 Å². The zero-order chi connectivity index (χ0) is 15.1. The number of carbonyl (C=O) groups is 1. The molecule has 5 heteroatoms. The molecule has 2 rings (SSSR count). The molecule has 0 saturated carbocycles. The van der Waals surface area contributed by atoms with Crippen LogP contribution in [-0.4, -0.2) is 19.6 Å². The van der Waals surface area contributed by atoms with Gasteiger partial charge < -0.3 is 14.8 Å². The van der Waals surface area contributed by atoms with E-state index in [1.54, 1.807) is 55.6 Å². The Morgan fingerprint density at radius 1 is 1.10 bits per heavy atom. The zero-order valence-electron chi connectivity index (χ0n) is 11.5. The minimum Gasteiger partial charge on any atom is -0.497 e. The summed E-state index contributed by atoms with van der Waals surface area (Å²) < 4.78 is 10.2. The topological polar surface area (TPSA) is 71.3 Å². The number of benzene rings is 2. The molecule has 1 N–H and O–H groups in total. The number of carbonyl (C=O) groups excluding carboxylic acids is 1. The van der Waals surface area contributed by atoms with Crippen LogP contribution in [-0.2, 0) is 0 Å². The maximum Gasteiger partial charge on any atom is 0.255 e. The first-order valence-electron chi connectivity index (χ1n) is 6.28. The Morgan fingerprint density at radius 2 is 1.71 bits per heavy atom. The van der Waals surface area contributed by atoms with Crippen molar-refractivity contribution in [3.05, 3.63) is 54.1 Å². The molecule has 21 heavy (non-hydrogen) atoms. The Kier molecular flexibility index (Phi) is 4.78. The third-order valence-electron chi connectivity index (χ3n) is 2.77. The fourth-order valence-corrected chi connectivity index (χ4v) is 1.70. The summed E-state index contributed by atoms with van der Waals surface area (Å²) in [5.74, 6) is 1.08. The second-order valence-corrected chi connectivity index (χ2v) is 4.15. The van der Waals surface area contributed by atoms with Gasteiger partial charge in [-0.05, 0) is 48.5 Å². The predicted octanol–water partition coefficient (Wildman–Crippen LogP) is 2.85. The maximum atomic E-state index is 12.0. The minimum absolute atomic E-state index is 0.00243. The maximum absolute atomic E-state index is 12.0. The lowest BCUT2D eigenvalue weighted by Gasteiger charge is -2.07. The molecule has 0 atom stereocenters. The molecule has 0 unspecified atom stereocenters. The molecule has 106 valence electrons. The van der Waals surface area contributed by atoms with E-state index in [9.17, 15) is 4.79 Å². The van der Waals surface area contributed by atoms with Crippen molar-refractivity contribution in [3.63, 3.8) is 0 Å². The molecule has 0 aliphatic heterocycles. The first kappa shape index (κ1) is 14.4. The molecule has 2 aromatic rings. The van der Waals surface area contributed by atoms with E-state index in [4.69, 9.17) is 14.7 Å². The van der Waals surface area contributed by atoms with Gasteiger partial charge >= 0.3 is 0 Å². The van der Waals surface area contributed by atoms with E-state index in [-0.39, 0.29) is 12.5 Å². The summed E-state index contributed by atoms with van der Waals surface area (Å²) in [7, 11) is 1.57. The molecule has 0 aromatic heterocycles. The molecule has 0 fully saturated rings. The van der Waals surface area contributed by atoms with E-state index in [2.05, 4.69) is 5.32 Å². The largest absolute Gasteiger partial charge is 0.497 e. The predicted molar refractivity (Wildman–Crippen MR) is 78.5 cm³/mol. The lowest BCUT2D eigenvalue weighted by Crippen LogP contribution is -2.11. The molecule has 1 amide bonds. The first-order chi connectivity index (χ1) is 10.2. The van der Waals surface area contributed by atoms with E-state index in [0.29, 0.717) is 22.7 Å². The van der Waals surface area contributed by atoms with E-state index in [1.807, 2.05) is 6.07 Å². The van der Waals surface area contributed by atoms with E-state index >= 15 is 0 Å². The number of methoxy groups -OCH3 is 1. The second kappa shape index (κ2) is 6.96. The molecule has 0 spiro atoms. The van der Waals surface area contributed by atoms with Crippen molar-refractivity contribution >= 4 is 11.6 Å². The van der Waals surface area contributed by atoms with E-state index < -0.39 is 0 Å². The third-order valence-corrected chi connectivity index (χ3v) is 2.77. The van der Waals surface area contributed by atoms with Crippen molar-refractivity contribution in [2.24, 2.45) is 0 Å². The van der Waals surface area contributed by atoms with Crippen molar-refractivity contribution in [3.8, 4) is 17.6 Å². The molecule has 0 bridgehead atoms. The summed E-state index contributed by atoms with van der Waals surface area (Å²) in [6.45, 7) is -0.00243. The molecule has 0 saturated heterocycles. The Balaban J connectivity index is 2.00. The van der Waals surface area contributed by atoms with Crippen LogP contribution >= 0.6 is 0 Å². The van der Waals surface area contributed by atoms with Gasteiger partial charge in [-0.2, -0.15) is 5.26 Å². The van der Waals surface area contributed by atoms with E-state index in [1.165, 1.54) is 0 Å². The summed E-state index contributed by atoms with van der Waals surface area (Å²) in [5.41, 5.74) is 1.20. The monoisotopic (exact) mass is 282 g/mol. The number of hydrogen-bond donors (Lipinski definition) is 1. The van der Waals surface area contributed by atoms with Crippen molar-refractivity contribution in [1.29, 1.82) is 5.26 Å². The van der Waals surface area contributed by atoms with Gasteiger partial charge in [0.15, 0.2) is 6.61 Å².